The number of nitrogens with zero attached hydrogens (tertiary/aromatic N) is 1. The van der Waals surface area contributed by atoms with Crippen molar-refractivity contribution in [1.82, 2.24) is 15.6 Å². The molecule has 2 aromatic rings. The summed E-state index contributed by atoms with van der Waals surface area (Å²) in [6.45, 7) is 7.94. The van der Waals surface area contributed by atoms with Gasteiger partial charge in [0, 0.05) is 53.8 Å². The summed E-state index contributed by atoms with van der Waals surface area (Å²) in [6, 6.07) is 5.81. The topological polar surface area (TPSA) is 86.8 Å². The molecule has 33 heavy (non-hydrogen) atoms. The average molecular weight is 446 g/mol. The van der Waals surface area contributed by atoms with Crippen molar-refractivity contribution >= 4 is 11.4 Å². The van der Waals surface area contributed by atoms with Crippen LogP contribution in [0, 0.1) is 18.3 Å². The van der Waals surface area contributed by atoms with Crippen LogP contribution in [-0.4, -0.2) is 23.4 Å². The van der Waals surface area contributed by atoms with Gasteiger partial charge in [-0.2, -0.15) is 0 Å². The zero-order chi connectivity index (χ0) is 23.5. The van der Waals surface area contributed by atoms with Crippen LogP contribution in [0.2, 0.25) is 0 Å². The van der Waals surface area contributed by atoms with Crippen molar-refractivity contribution < 1.29 is 4.39 Å². The van der Waals surface area contributed by atoms with Crippen molar-refractivity contribution in [2.24, 2.45) is 5.92 Å². The van der Waals surface area contributed by atoms with E-state index < -0.39 is 6.17 Å². The molecule has 0 bridgehead atoms. The maximum absolute atomic E-state index is 13.9. The van der Waals surface area contributed by atoms with E-state index in [-0.39, 0.29) is 5.92 Å². The monoisotopic (exact) mass is 445 g/mol. The number of dihydropyridines is 1. The number of alkyl halides is 1. The summed E-state index contributed by atoms with van der Waals surface area (Å²) in [7, 11) is 0. The summed E-state index contributed by atoms with van der Waals surface area (Å²) in [5.74, 6) is 0.110. The number of benzene rings is 1. The van der Waals surface area contributed by atoms with E-state index in [1.807, 2.05) is 36.7 Å². The Balaban J connectivity index is 1.67. The van der Waals surface area contributed by atoms with E-state index in [9.17, 15) is 4.39 Å². The minimum atomic E-state index is -0.943. The zero-order valence-electron chi connectivity index (χ0n) is 19.5. The van der Waals surface area contributed by atoms with Crippen molar-refractivity contribution in [3.8, 4) is 11.1 Å². The van der Waals surface area contributed by atoms with Gasteiger partial charge in [-0.25, -0.2) is 4.39 Å². The third kappa shape index (κ3) is 4.62. The van der Waals surface area contributed by atoms with Crippen LogP contribution in [0.5, 0.6) is 0 Å². The lowest BCUT2D eigenvalue weighted by molar-refractivity contribution is 0.381. The molecule has 0 saturated carbocycles. The van der Waals surface area contributed by atoms with Gasteiger partial charge in [-0.3, -0.25) is 10.4 Å². The van der Waals surface area contributed by atoms with Gasteiger partial charge >= 0.3 is 0 Å². The van der Waals surface area contributed by atoms with Crippen LogP contribution in [0.25, 0.3) is 11.1 Å². The van der Waals surface area contributed by atoms with Crippen LogP contribution in [0.15, 0.2) is 65.8 Å². The fourth-order valence-electron chi connectivity index (χ4n) is 4.55. The Labute approximate surface area is 195 Å². The summed E-state index contributed by atoms with van der Waals surface area (Å²) in [6.07, 6.45) is 9.51. The molecule has 172 valence electrons. The Morgan fingerprint density at radius 3 is 2.88 bits per heavy atom. The number of allylic oxidation sites excluding steroid dienone is 5. The fourth-order valence-corrected chi connectivity index (χ4v) is 4.55. The Morgan fingerprint density at radius 2 is 2.12 bits per heavy atom. The molecule has 1 aliphatic carbocycles. The maximum Gasteiger partial charge on any atom is 0.122 e. The van der Waals surface area contributed by atoms with Gasteiger partial charge in [0.1, 0.15) is 6.17 Å². The molecule has 0 fully saturated rings. The number of nitrogens with one attached hydrogen (secondary N) is 3. The normalized spacial score (nSPS) is 19.7. The number of rotatable bonds is 7. The Morgan fingerprint density at radius 1 is 1.30 bits per heavy atom. The summed E-state index contributed by atoms with van der Waals surface area (Å²) in [5.41, 5.74) is 14.9. The molecule has 0 saturated heterocycles. The first kappa shape index (κ1) is 22.9. The molecule has 2 aliphatic rings. The number of anilines is 1. The number of nitrogen functional groups attached to an aromatic ring is 1. The minimum Gasteiger partial charge on any atom is -0.398 e. The second-order valence-electron chi connectivity index (χ2n) is 8.67. The van der Waals surface area contributed by atoms with E-state index in [2.05, 4.69) is 36.4 Å². The van der Waals surface area contributed by atoms with Crippen molar-refractivity contribution in [3.63, 3.8) is 0 Å². The summed E-state index contributed by atoms with van der Waals surface area (Å²) >= 11 is 0. The molecule has 1 aliphatic heterocycles. The van der Waals surface area contributed by atoms with Crippen molar-refractivity contribution in [2.45, 2.75) is 46.3 Å². The molecule has 4 rings (SSSR count). The molecule has 1 aromatic carbocycles. The molecule has 0 spiro atoms. The minimum absolute atomic E-state index is 0.110. The van der Waals surface area contributed by atoms with Crippen molar-refractivity contribution in [2.75, 3.05) is 12.3 Å². The number of hydrogen-bond acceptors (Lipinski definition) is 5. The lowest BCUT2D eigenvalue weighted by atomic mass is 9.83. The highest BCUT2D eigenvalue weighted by Gasteiger charge is 2.27. The average Bonchev–Trinajstić information content (AvgIpc) is 2.82. The number of pyridine rings is 1. The maximum atomic E-state index is 13.9. The van der Waals surface area contributed by atoms with Gasteiger partial charge in [-0.15, -0.1) is 0 Å². The molecule has 2 unspecified atom stereocenters. The van der Waals surface area contributed by atoms with Crippen LogP contribution < -0.4 is 16.4 Å². The van der Waals surface area contributed by atoms with Crippen LogP contribution in [0.4, 0.5) is 10.1 Å². The third-order valence-corrected chi connectivity index (χ3v) is 6.55. The first-order valence-electron chi connectivity index (χ1n) is 11.6. The highest BCUT2D eigenvalue weighted by Crippen LogP contribution is 2.35. The molecule has 5 nitrogen and oxygen atoms in total. The third-order valence-electron chi connectivity index (χ3n) is 6.55. The Bertz CT molecular complexity index is 1160. The second kappa shape index (κ2) is 9.71. The van der Waals surface area contributed by atoms with Crippen LogP contribution in [0.1, 0.15) is 43.4 Å². The molecule has 2 atom stereocenters. The highest BCUT2D eigenvalue weighted by atomic mass is 19.1. The molecule has 0 radical (unpaired) electrons. The quantitative estimate of drug-likeness (QED) is 0.349. The molecule has 0 amide bonds. The molecular formula is C27H32FN5. The van der Waals surface area contributed by atoms with Gasteiger partial charge < -0.3 is 16.4 Å². The largest absolute Gasteiger partial charge is 0.398 e. The smallest absolute Gasteiger partial charge is 0.122 e. The molecule has 5 N–H and O–H groups in total. The van der Waals surface area contributed by atoms with Crippen LogP contribution in [-0.2, 0) is 6.54 Å². The molecule has 1 aromatic heterocycles. The predicted octanol–water partition coefficient (Wildman–Crippen LogP) is 5.18. The van der Waals surface area contributed by atoms with Gasteiger partial charge in [-0.05, 0) is 66.4 Å². The molecule has 2 heterocycles. The van der Waals surface area contributed by atoms with Gasteiger partial charge in [0.25, 0.3) is 0 Å². The Hall–Kier alpha value is -3.25. The molecule has 6 heteroatoms. The fraction of sp³-hybridized carbons (Fsp3) is 0.333. The lowest BCUT2D eigenvalue weighted by Gasteiger charge is -2.30. The van der Waals surface area contributed by atoms with E-state index in [1.54, 1.807) is 12.2 Å². The summed E-state index contributed by atoms with van der Waals surface area (Å²) in [4.78, 5) is 4.44. The number of nitrogens with two attached hydrogens (primary N) is 1. The van der Waals surface area contributed by atoms with Crippen LogP contribution in [0.3, 0.4) is 0 Å². The second-order valence-corrected chi connectivity index (χ2v) is 8.67. The van der Waals surface area contributed by atoms with E-state index in [0.717, 1.165) is 53.0 Å². The summed E-state index contributed by atoms with van der Waals surface area (Å²) < 4.78 is 13.9. The predicted molar refractivity (Wildman–Crippen MR) is 134 cm³/mol. The van der Waals surface area contributed by atoms with Crippen molar-refractivity contribution in [3.05, 3.63) is 82.5 Å². The van der Waals surface area contributed by atoms with Gasteiger partial charge in [0.2, 0.25) is 0 Å². The number of hydrogen-bond donors (Lipinski definition) is 4. The van der Waals surface area contributed by atoms with E-state index in [4.69, 9.17) is 11.1 Å². The number of aromatic nitrogens is 1. The first-order chi connectivity index (χ1) is 15.9. The zero-order valence-corrected chi connectivity index (χ0v) is 19.5. The SMILES string of the molecule is CCNCc1cncc(-c2ccc(N)c(C(=N)C3=CC(CC)C4=C(C=CC(F)C4)N3)c2)c1C. The van der Waals surface area contributed by atoms with Crippen LogP contribution >= 0.6 is 0 Å². The van der Waals surface area contributed by atoms with E-state index in [1.165, 1.54) is 0 Å². The highest BCUT2D eigenvalue weighted by molar-refractivity contribution is 6.14. The van der Waals surface area contributed by atoms with E-state index in [0.29, 0.717) is 29.1 Å². The van der Waals surface area contributed by atoms with E-state index >= 15 is 0 Å². The molecular weight excluding hydrogens is 413 g/mol. The lowest BCUT2D eigenvalue weighted by Crippen LogP contribution is -2.30. The van der Waals surface area contributed by atoms with Crippen molar-refractivity contribution in [1.29, 1.82) is 5.41 Å². The number of halogens is 1. The Kier molecular flexibility index (Phi) is 6.75. The first-order valence-corrected chi connectivity index (χ1v) is 11.6. The standard InChI is InChI=1S/C27H32FN5/c1-4-17-11-26(33-25-9-7-20(28)12-21(17)25)27(30)22-10-18(6-8-24(22)29)23-15-32-14-19(16(23)3)13-31-5-2/h6-11,14-15,17,20,30-31,33H,4-5,12-13,29H2,1-3H3. The van der Waals surface area contributed by atoms with Gasteiger partial charge in [0.15, 0.2) is 0 Å². The van der Waals surface area contributed by atoms with Gasteiger partial charge in [-0.1, -0.05) is 26.0 Å². The van der Waals surface area contributed by atoms with Gasteiger partial charge in [0.05, 0.1) is 11.4 Å². The summed E-state index contributed by atoms with van der Waals surface area (Å²) in [5, 5.41) is 15.7.